The summed E-state index contributed by atoms with van der Waals surface area (Å²) in [4.78, 5) is 8.94. The number of halogens is 2. The molecule has 1 aromatic heterocycles. The molecule has 2 rings (SSSR count). The topological polar surface area (TPSA) is 49.8 Å². The van der Waals surface area contributed by atoms with Crippen molar-refractivity contribution < 1.29 is 0 Å². The Hall–Kier alpha value is -1.52. The van der Waals surface area contributed by atoms with Gasteiger partial charge in [0.1, 0.15) is 17.5 Å². The van der Waals surface area contributed by atoms with E-state index in [0.29, 0.717) is 10.0 Å². The van der Waals surface area contributed by atoms with E-state index in [4.69, 9.17) is 23.2 Å². The van der Waals surface area contributed by atoms with Crippen molar-refractivity contribution in [2.75, 3.05) is 17.7 Å². The third-order valence-corrected chi connectivity index (χ3v) is 3.48. The fourth-order valence-electron chi connectivity index (χ4n) is 1.80. The Kier molecular flexibility index (Phi) is 4.68. The van der Waals surface area contributed by atoms with Crippen LogP contribution in [-0.4, -0.2) is 17.0 Å². The molecule has 0 aliphatic rings. The highest BCUT2D eigenvalue weighted by Crippen LogP contribution is 2.30. The molecule has 0 amide bonds. The molecule has 0 bridgehead atoms. The van der Waals surface area contributed by atoms with E-state index < -0.39 is 0 Å². The zero-order valence-electron chi connectivity index (χ0n) is 11.6. The summed E-state index contributed by atoms with van der Waals surface area (Å²) in [7, 11) is 1.84. The number of aryl methyl sites for hydroxylation is 1. The van der Waals surface area contributed by atoms with E-state index in [0.717, 1.165) is 35.1 Å². The van der Waals surface area contributed by atoms with Crippen LogP contribution in [0.5, 0.6) is 0 Å². The van der Waals surface area contributed by atoms with Gasteiger partial charge in [-0.1, -0.05) is 30.1 Å². The molecule has 0 saturated carbocycles. The monoisotopic (exact) mass is 310 g/mol. The lowest BCUT2D eigenvalue weighted by molar-refractivity contribution is 0.935. The Morgan fingerprint density at radius 3 is 2.45 bits per heavy atom. The van der Waals surface area contributed by atoms with Crippen LogP contribution in [-0.2, 0) is 6.42 Å². The lowest BCUT2D eigenvalue weighted by Gasteiger charge is -2.14. The van der Waals surface area contributed by atoms with E-state index in [-0.39, 0.29) is 0 Å². The van der Waals surface area contributed by atoms with E-state index in [1.807, 2.05) is 27.0 Å². The number of rotatable bonds is 4. The number of aromatic nitrogens is 2. The van der Waals surface area contributed by atoms with Crippen LogP contribution in [0.2, 0.25) is 10.0 Å². The van der Waals surface area contributed by atoms with Crippen LogP contribution in [0.4, 0.5) is 17.3 Å². The molecule has 0 spiro atoms. The number of nitrogens with one attached hydrogen (secondary N) is 2. The maximum atomic E-state index is 6.17. The maximum absolute atomic E-state index is 6.17. The third-order valence-electron chi connectivity index (χ3n) is 2.93. The molecule has 0 saturated heterocycles. The first-order valence-electron chi connectivity index (χ1n) is 6.32. The second-order valence-electron chi connectivity index (χ2n) is 4.31. The summed E-state index contributed by atoms with van der Waals surface area (Å²) in [6.07, 6.45) is 0.762. The van der Waals surface area contributed by atoms with Crippen molar-refractivity contribution in [2.24, 2.45) is 0 Å². The zero-order chi connectivity index (χ0) is 14.7. The van der Waals surface area contributed by atoms with E-state index in [1.165, 1.54) is 0 Å². The minimum atomic E-state index is 0.555. The molecule has 2 aromatic rings. The van der Waals surface area contributed by atoms with Gasteiger partial charge < -0.3 is 10.6 Å². The fourth-order valence-corrected chi connectivity index (χ4v) is 2.26. The van der Waals surface area contributed by atoms with Crippen molar-refractivity contribution in [1.82, 2.24) is 9.97 Å². The number of benzene rings is 1. The number of nitrogens with zero attached hydrogens (tertiary/aromatic N) is 2. The highest BCUT2D eigenvalue weighted by atomic mass is 35.5. The van der Waals surface area contributed by atoms with Gasteiger partial charge in [0.2, 0.25) is 0 Å². The average molecular weight is 311 g/mol. The molecule has 0 aliphatic carbocycles. The molecule has 0 aliphatic heterocycles. The largest absolute Gasteiger partial charge is 0.373 e. The molecule has 2 N–H and O–H groups in total. The van der Waals surface area contributed by atoms with Gasteiger partial charge in [0, 0.05) is 24.1 Å². The summed E-state index contributed by atoms with van der Waals surface area (Å²) >= 11 is 12.1. The quantitative estimate of drug-likeness (QED) is 0.876. The minimum Gasteiger partial charge on any atom is -0.373 e. The van der Waals surface area contributed by atoms with Crippen LogP contribution in [0.15, 0.2) is 18.2 Å². The first-order chi connectivity index (χ1) is 9.55. The molecule has 0 fully saturated rings. The average Bonchev–Trinajstić information content (AvgIpc) is 2.43. The van der Waals surface area contributed by atoms with Gasteiger partial charge in [-0.3, -0.25) is 0 Å². The molecule has 20 heavy (non-hydrogen) atoms. The summed E-state index contributed by atoms with van der Waals surface area (Å²) in [6.45, 7) is 3.97. The lowest BCUT2D eigenvalue weighted by atomic mass is 10.2. The fraction of sp³-hybridized carbons (Fsp3) is 0.286. The molecule has 4 nitrogen and oxygen atoms in total. The molecule has 0 atom stereocenters. The number of anilines is 3. The summed E-state index contributed by atoms with van der Waals surface area (Å²) in [5.74, 6) is 2.32. The predicted octanol–water partition coefficient (Wildman–Crippen LogP) is 4.44. The van der Waals surface area contributed by atoms with Gasteiger partial charge in [-0.2, -0.15) is 0 Å². The molecule has 1 aromatic carbocycles. The second kappa shape index (κ2) is 6.29. The highest BCUT2D eigenvalue weighted by Gasteiger charge is 2.11. The van der Waals surface area contributed by atoms with Crippen LogP contribution < -0.4 is 10.6 Å². The van der Waals surface area contributed by atoms with Crippen LogP contribution >= 0.6 is 23.2 Å². The standard InChI is InChI=1S/C14H16Cl2N4/c1-4-12-19-13(17-3)8(2)14(20-12)18-11-6-5-9(15)7-10(11)16/h5-7H,4H2,1-3H3,(H2,17,18,19,20). The summed E-state index contributed by atoms with van der Waals surface area (Å²) in [6, 6.07) is 5.31. The molecule has 106 valence electrons. The predicted molar refractivity (Wildman–Crippen MR) is 85.4 cm³/mol. The van der Waals surface area contributed by atoms with Gasteiger partial charge in [-0.15, -0.1) is 0 Å². The van der Waals surface area contributed by atoms with Gasteiger partial charge in [-0.05, 0) is 25.1 Å². The van der Waals surface area contributed by atoms with Crippen LogP contribution in [0, 0.1) is 6.92 Å². The Balaban J connectivity index is 2.42. The SMILES string of the molecule is CCc1nc(NC)c(C)c(Nc2ccc(Cl)cc2Cl)n1. The van der Waals surface area contributed by atoms with Crippen molar-refractivity contribution in [3.63, 3.8) is 0 Å². The summed E-state index contributed by atoms with van der Waals surface area (Å²) < 4.78 is 0. The molecule has 1 heterocycles. The molecule has 0 unspecified atom stereocenters. The van der Waals surface area contributed by atoms with Gasteiger partial charge >= 0.3 is 0 Å². The van der Waals surface area contributed by atoms with Gasteiger partial charge in [0.15, 0.2) is 0 Å². The Morgan fingerprint density at radius 2 is 1.85 bits per heavy atom. The Morgan fingerprint density at radius 1 is 1.15 bits per heavy atom. The van der Waals surface area contributed by atoms with Gasteiger partial charge in [0.25, 0.3) is 0 Å². The van der Waals surface area contributed by atoms with E-state index in [1.54, 1.807) is 12.1 Å². The first kappa shape index (κ1) is 14.9. The lowest BCUT2D eigenvalue weighted by Crippen LogP contribution is -2.07. The van der Waals surface area contributed by atoms with Crippen molar-refractivity contribution in [3.8, 4) is 0 Å². The molecular weight excluding hydrogens is 295 g/mol. The van der Waals surface area contributed by atoms with Crippen LogP contribution in [0.3, 0.4) is 0 Å². The number of hydrogen-bond donors (Lipinski definition) is 2. The van der Waals surface area contributed by atoms with Crippen LogP contribution in [0.1, 0.15) is 18.3 Å². The van der Waals surface area contributed by atoms with Crippen LogP contribution in [0.25, 0.3) is 0 Å². The summed E-state index contributed by atoms with van der Waals surface area (Å²) in [5, 5.41) is 7.47. The van der Waals surface area contributed by atoms with Gasteiger partial charge in [-0.25, -0.2) is 9.97 Å². The zero-order valence-corrected chi connectivity index (χ0v) is 13.1. The Labute approximate surface area is 128 Å². The third kappa shape index (κ3) is 3.14. The van der Waals surface area contributed by atoms with E-state index in [2.05, 4.69) is 20.6 Å². The first-order valence-corrected chi connectivity index (χ1v) is 7.08. The van der Waals surface area contributed by atoms with E-state index >= 15 is 0 Å². The minimum absolute atomic E-state index is 0.555. The van der Waals surface area contributed by atoms with Crippen molar-refractivity contribution >= 4 is 40.5 Å². The molecule has 0 radical (unpaired) electrons. The number of hydrogen-bond acceptors (Lipinski definition) is 4. The Bertz CT molecular complexity index is 629. The molecular formula is C14H16Cl2N4. The van der Waals surface area contributed by atoms with Crippen molar-refractivity contribution in [1.29, 1.82) is 0 Å². The summed E-state index contributed by atoms with van der Waals surface area (Å²) in [5.41, 5.74) is 1.71. The van der Waals surface area contributed by atoms with Gasteiger partial charge in [0.05, 0.1) is 10.7 Å². The normalized spacial score (nSPS) is 10.4. The smallest absolute Gasteiger partial charge is 0.139 e. The van der Waals surface area contributed by atoms with E-state index in [9.17, 15) is 0 Å². The highest BCUT2D eigenvalue weighted by molar-refractivity contribution is 6.36. The second-order valence-corrected chi connectivity index (χ2v) is 5.16. The van der Waals surface area contributed by atoms with Crippen molar-refractivity contribution in [3.05, 3.63) is 39.6 Å². The maximum Gasteiger partial charge on any atom is 0.139 e. The molecule has 6 heteroatoms. The van der Waals surface area contributed by atoms with Crippen molar-refractivity contribution in [2.45, 2.75) is 20.3 Å².